The Kier molecular flexibility index (Phi) is 12.5. The Bertz CT molecular complexity index is 3120. The summed E-state index contributed by atoms with van der Waals surface area (Å²) in [6, 6.07) is 28.4. The van der Waals surface area contributed by atoms with E-state index in [4.69, 9.17) is 10.5 Å². The van der Waals surface area contributed by atoms with Gasteiger partial charge in [-0.05, 0) is 122 Å². The number of ether oxygens (including phenoxy) is 1. The number of rotatable bonds is 16. The first-order chi connectivity index (χ1) is 30.8. The average molecular weight is 881 g/mol. The number of unbranched alkanes of at least 4 members (excludes halogenated alkanes) is 2. The molecule has 0 saturated carbocycles. The number of primary amides is 1. The molecule has 3 heterocycles. The summed E-state index contributed by atoms with van der Waals surface area (Å²) < 4.78 is 34.0. The van der Waals surface area contributed by atoms with Gasteiger partial charge in [-0.15, -0.1) is 0 Å². The number of aliphatic hydroxyl groups is 1. The fourth-order valence-electron chi connectivity index (χ4n) is 8.33. The van der Waals surface area contributed by atoms with Crippen LogP contribution in [0.2, 0.25) is 0 Å². The molecule has 14 nitrogen and oxygen atoms in total. The number of carbonyl (C=O) groups excluding carboxylic acids is 2. The van der Waals surface area contributed by atoms with Crippen molar-refractivity contribution in [3.63, 3.8) is 0 Å². The van der Waals surface area contributed by atoms with Crippen molar-refractivity contribution in [2.24, 2.45) is 5.73 Å². The van der Waals surface area contributed by atoms with Gasteiger partial charge < -0.3 is 41.2 Å². The van der Waals surface area contributed by atoms with Crippen LogP contribution in [0.3, 0.4) is 0 Å². The monoisotopic (exact) mass is 880 g/mol. The van der Waals surface area contributed by atoms with Gasteiger partial charge in [0.15, 0.2) is 0 Å². The number of aliphatic hydroxyl groups excluding tert-OH is 1. The Hall–Kier alpha value is -7.07. The predicted octanol–water partition coefficient (Wildman–Crippen LogP) is 7.01. The number of nitrogens with zero attached hydrogens (tertiary/aromatic N) is 2. The number of phenols is 1. The number of methoxy groups -OCH3 is 1. The van der Waals surface area contributed by atoms with Crippen LogP contribution in [0.5, 0.6) is 11.5 Å². The summed E-state index contributed by atoms with van der Waals surface area (Å²) in [4.78, 5) is 47.0. The van der Waals surface area contributed by atoms with Gasteiger partial charge in [0.1, 0.15) is 11.5 Å². The van der Waals surface area contributed by atoms with Crippen LogP contribution in [0.15, 0.2) is 124 Å². The van der Waals surface area contributed by atoms with E-state index >= 15 is 0 Å². The molecule has 64 heavy (non-hydrogen) atoms. The molecule has 0 aliphatic carbocycles. The zero-order chi connectivity index (χ0) is 45.1. The number of fused-ring (bicyclic) bond motifs is 3. The number of hydrogen-bond donors (Lipinski definition) is 6. The lowest BCUT2D eigenvalue weighted by Gasteiger charge is -2.18. The van der Waals surface area contributed by atoms with E-state index < -0.39 is 21.8 Å². The van der Waals surface area contributed by atoms with Crippen molar-refractivity contribution in [3.05, 3.63) is 153 Å². The molecule has 0 spiro atoms. The van der Waals surface area contributed by atoms with E-state index in [9.17, 15) is 33.0 Å². The maximum atomic E-state index is 14.3. The number of aromatic hydroxyl groups is 1. The van der Waals surface area contributed by atoms with E-state index in [2.05, 4.69) is 26.7 Å². The molecule has 328 valence electrons. The number of aromatic nitrogens is 2. The highest BCUT2D eigenvalue weighted by molar-refractivity contribution is 7.91. The third kappa shape index (κ3) is 8.91. The summed E-state index contributed by atoms with van der Waals surface area (Å²) in [5, 5.41) is 28.5. The summed E-state index contributed by atoms with van der Waals surface area (Å²) >= 11 is 0. The largest absolute Gasteiger partial charge is 0.506 e. The molecule has 0 radical (unpaired) electrons. The van der Waals surface area contributed by atoms with Gasteiger partial charge in [0.05, 0.1) is 45.3 Å². The van der Waals surface area contributed by atoms with Gasteiger partial charge in [0, 0.05) is 59.1 Å². The van der Waals surface area contributed by atoms with Gasteiger partial charge in [0.2, 0.25) is 15.4 Å². The lowest BCUT2D eigenvalue weighted by molar-refractivity contribution is 0.0985. The molecular weight excluding hydrogens is 833 g/mol. The van der Waals surface area contributed by atoms with E-state index in [-0.39, 0.29) is 38.1 Å². The highest BCUT2D eigenvalue weighted by Gasteiger charge is 2.28. The summed E-state index contributed by atoms with van der Waals surface area (Å²) in [7, 11) is -2.63. The average Bonchev–Trinajstić information content (AvgIpc) is 3.72. The van der Waals surface area contributed by atoms with Gasteiger partial charge in [-0.25, -0.2) is 8.42 Å². The second kappa shape index (κ2) is 18.3. The molecule has 1 atom stereocenters. The number of phenolic OH excluding ortho intramolecular Hbond substituents is 1. The molecule has 15 heteroatoms. The molecule has 5 aromatic carbocycles. The second-order valence-corrected chi connectivity index (χ2v) is 17.9. The number of aromatic amines is 1. The van der Waals surface area contributed by atoms with Gasteiger partial charge in [0.25, 0.3) is 11.8 Å². The summed E-state index contributed by atoms with van der Waals surface area (Å²) in [5.74, 6) is -0.511. The molecule has 1 aliphatic rings. The van der Waals surface area contributed by atoms with Crippen LogP contribution < -0.4 is 31.6 Å². The Morgan fingerprint density at radius 2 is 1.77 bits per heavy atom. The molecule has 2 aromatic heterocycles. The number of H-pyrrole nitrogens is 1. The number of hydrogen-bond acceptors (Lipinski definition) is 11. The van der Waals surface area contributed by atoms with E-state index in [1.165, 1.54) is 55.3 Å². The number of nitrogens with two attached hydrogens (primary N) is 1. The number of carbonyl (C=O) groups is 2. The van der Waals surface area contributed by atoms with Crippen LogP contribution in [0, 0.1) is 6.92 Å². The molecule has 1 aliphatic heterocycles. The first kappa shape index (κ1) is 43.6. The van der Waals surface area contributed by atoms with Crippen LogP contribution >= 0.6 is 0 Å². The normalized spacial score (nSPS) is 13.0. The zero-order valence-corrected chi connectivity index (χ0v) is 36.2. The Morgan fingerprint density at radius 3 is 2.58 bits per heavy atom. The maximum Gasteiger partial charge on any atom is 0.258 e. The molecule has 8 rings (SSSR count). The van der Waals surface area contributed by atoms with Gasteiger partial charge in [-0.3, -0.25) is 19.4 Å². The zero-order valence-electron chi connectivity index (χ0n) is 35.4. The minimum absolute atomic E-state index is 0.0341. The van der Waals surface area contributed by atoms with Crippen molar-refractivity contribution in [1.29, 1.82) is 0 Å². The minimum atomic E-state index is -4.17. The van der Waals surface area contributed by atoms with Gasteiger partial charge in [-0.1, -0.05) is 36.8 Å². The first-order valence-electron chi connectivity index (χ1n) is 21.0. The Balaban J connectivity index is 0.906. The number of aryl methyl sites for hydroxylation is 2. The fourth-order valence-corrected chi connectivity index (χ4v) is 9.75. The third-order valence-electron chi connectivity index (χ3n) is 11.6. The van der Waals surface area contributed by atoms with Crippen molar-refractivity contribution in [2.75, 3.05) is 37.0 Å². The molecule has 0 fully saturated rings. The van der Waals surface area contributed by atoms with E-state index in [0.717, 1.165) is 36.9 Å². The Morgan fingerprint density at radius 1 is 0.938 bits per heavy atom. The van der Waals surface area contributed by atoms with Crippen molar-refractivity contribution < 1.29 is 33.0 Å². The van der Waals surface area contributed by atoms with Gasteiger partial charge >= 0.3 is 0 Å². The highest BCUT2D eigenvalue weighted by Crippen LogP contribution is 2.36. The summed E-state index contributed by atoms with van der Waals surface area (Å²) in [6.45, 7) is 3.25. The molecule has 2 amide bonds. The maximum absolute atomic E-state index is 14.3. The molecule has 0 saturated heterocycles. The number of benzene rings is 5. The van der Waals surface area contributed by atoms with Crippen molar-refractivity contribution in [2.45, 2.75) is 54.9 Å². The van der Waals surface area contributed by atoms with Crippen LogP contribution in [0.25, 0.3) is 21.8 Å². The minimum Gasteiger partial charge on any atom is -0.506 e. The Labute approximate surface area is 369 Å². The standard InChI is InChI=1S/C49H48N6O8S/c1-29-22-36(26-39-45(29)52-27-40(48(50)59)46(39)53-33-10-7-11-34(25-33)63-2)64(61,62)35-12-6-9-32(24-35)49(60)55-21-19-31-23-30(13-16-41(31)55)8-4-3-5-20-51-28-43(57)37-14-17-42(56)47-38(37)15-18-44(58)54-47/h6-7,9-18,22-27,43,51,56-57H,3-5,8,19-21,28H2,1-2H3,(H2,50,59)(H,52,53)(H,54,58). The highest BCUT2D eigenvalue weighted by atomic mass is 32.2. The van der Waals surface area contributed by atoms with Crippen LogP contribution in [-0.2, 0) is 22.7 Å². The van der Waals surface area contributed by atoms with Crippen molar-refractivity contribution in [1.82, 2.24) is 15.3 Å². The topological polar surface area (TPSA) is 217 Å². The van der Waals surface area contributed by atoms with Crippen molar-refractivity contribution >= 4 is 60.5 Å². The SMILES string of the molecule is COc1cccc(Nc2c(C(N)=O)cnc3c(C)cc(S(=O)(=O)c4cccc(C(=O)N5CCc6cc(CCCCCNCC(O)c7ccc(O)c8[nH]c(=O)ccc78)ccc65)c4)cc23)c1. The van der Waals surface area contributed by atoms with Crippen LogP contribution in [0.1, 0.15) is 68.3 Å². The third-order valence-corrected chi connectivity index (χ3v) is 13.4. The fraction of sp³-hybridized carbons (Fsp3) is 0.224. The number of nitrogens with one attached hydrogen (secondary N) is 3. The smallest absolute Gasteiger partial charge is 0.258 e. The number of amides is 2. The molecule has 7 aromatic rings. The van der Waals surface area contributed by atoms with E-state index in [1.54, 1.807) is 60.4 Å². The van der Waals surface area contributed by atoms with Crippen LogP contribution in [0.4, 0.5) is 17.1 Å². The molecular formula is C49H48N6O8S. The number of pyridine rings is 2. The van der Waals surface area contributed by atoms with Gasteiger partial charge in [-0.2, -0.15) is 0 Å². The molecule has 7 N–H and O–H groups in total. The van der Waals surface area contributed by atoms with E-state index in [1.807, 2.05) is 12.1 Å². The first-order valence-corrected chi connectivity index (χ1v) is 22.5. The second-order valence-electron chi connectivity index (χ2n) is 15.9. The van der Waals surface area contributed by atoms with Crippen molar-refractivity contribution in [3.8, 4) is 11.5 Å². The molecule has 1 unspecified atom stereocenters. The molecule has 0 bridgehead atoms. The summed E-state index contributed by atoms with van der Waals surface area (Å²) in [6.07, 6.45) is 4.94. The quantitative estimate of drug-likeness (QED) is 0.0543. The summed E-state index contributed by atoms with van der Waals surface area (Å²) in [5.41, 5.74) is 11.7. The number of anilines is 3. The number of sulfone groups is 1. The lowest BCUT2D eigenvalue weighted by atomic mass is 10.0. The van der Waals surface area contributed by atoms with Crippen LogP contribution in [-0.4, -0.2) is 67.2 Å². The predicted molar refractivity (Wildman–Crippen MR) is 247 cm³/mol. The lowest BCUT2D eigenvalue weighted by Crippen LogP contribution is -2.29. The van der Waals surface area contributed by atoms with E-state index in [0.29, 0.717) is 76.1 Å².